The fourth-order valence-electron chi connectivity index (χ4n) is 1.29. The summed E-state index contributed by atoms with van der Waals surface area (Å²) in [4.78, 5) is 8.14. The number of aromatic nitrogens is 1. The van der Waals surface area contributed by atoms with E-state index in [1.165, 1.54) is 10.6 Å². The van der Waals surface area contributed by atoms with Crippen LogP contribution >= 0.6 is 27.3 Å². The van der Waals surface area contributed by atoms with E-state index in [1.807, 2.05) is 0 Å². The molecular weight excluding hydrogens is 300 g/mol. The van der Waals surface area contributed by atoms with Gasteiger partial charge in [0.05, 0.1) is 5.69 Å². The molecule has 2 heterocycles. The van der Waals surface area contributed by atoms with Crippen molar-refractivity contribution < 1.29 is 18.3 Å². The standard InChI is InChI=1S/C7H9BrN2S.2F2/c1-10-3-2-5-6(4-10)11-7(8)9-5;2*1-2/h2-4H2,1H3;;. The second-order valence-electron chi connectivity index (χ2n) is 2.82. The predicted molar refractivity (Wildman–Crippen MR) is 54.3 cm³/mol. The van der Waals surface area contributed by atoms with Crippen LogP contribution in [0.4, 0.5) is 18.3 Å². The first kappa shape index (κ1) is 14.8. The highest BCUT2D eigenvalue weighted by atomic mass is 79.9. The SMILES string of the molecule is CN1CCc2nc(Br)sc2C1.FF.FF. The molecule has 0 unspecified atom stereocenters. The zero-order valence-corrected chi connectivity index (χ0v) is 10.2. The van der Waals surface area contributed by atoms with Gasteiger partial charge in [0.1, 0.15) is 0 Å². The van der Waals surface area contributed by atoms with Gasteiger partial charge in [-0.3, -0.25) is 0 Å². The Labute approximate surface area is 96.8 Å². The fourth-order valence-corrected chi connectivity index (χ4v) is 3.00. The van der Waals surface area contributed by atoms with Gasteiger partial charge in [0.2, 0.25) is 0 Å². The van der Waals surface area contributed by atoms with E-state index in [0.29, 0.717) is 0 Å². The second kappa shape index (κ2) is 8.00. The lowest BCUT2D eigenvalue weighted by Gasteiger charge is -2.20. The van der Waals surface area contributed by atoms with Crippen molar-refractivity contribution in [2.45, 2.75) is 13.0 Å². The van der Waals surface area contributed by atoms with Gasteiger partial charge in [-0.25, -0.2) is 4.98 Å². The van der Waals surface area contributed by atoms with E-state index in [1.54, 1.807) is 11.3 Å². The van der Waals surface area contributed by atoms with E-state index in [9.17, 15) is 0 Å². The monoisotopic (exact) mass is 308 g/mol. The predicted octanol–water partition coefficient (Wildman–Crippen LogP) is 3.57. The van der Waals surface area contributed by atoms with Gasteiger partial charge in [-0.1, -0.05) is 0 Å². The van der Waals surface area contributed by atoms with Gasteiger partial charge in [-0.2, -0.15) is 0 Å². The van der Waals surface area contributed by atoms with Gasteiger partial charge in [0.15, 0.2) is 3.92 Å². The van der Waals surface area contributed by atoms with Crippen LogP contribution in [0.3, 0.4) is 0 Å². The molecule has 0 saturated carbocycles. The molecule has 15 heavy (non-hydrogen) atoms. The average molecular weight is 309 g/mol. The van der Waals surface area contributed by atoms with Gasteiger partial charge < -0.3 is 4.90 Å². The van der Waals surface area contributed by atoms with Crippen LogP contribution < -0.4 is 0 Å². The maximum absolute atomic E-state index is 8.00. The van der Waals surface area contributed by atoms with Crippen molar-refractivity contribution in [1.82, 2.24) is 9.88 Å². The van der Waals surface area contributed by atoms with E-state index in [0.717, 1.165) is 23.4 Å². The Morgan fingerprint density at radius 2 is 1.93 bits per heavy atom. The molecule has 1 aromatic heterocycles. The Balaban J connectivity index is 0.000000442. The minimum Gasteiger partial charge on any atom is -0.301 e. The third kappa shape index (κ3) is 4.43. The third-order valence-corrected chi connectivity index (χ3v) is 3.43. The minimum absolute atomic E-state index is 1.03. The molecule has 0 bridgehead atoms. The maximum atomic E-state index is 8.00. The summed E-state index contributed by atoms with van der Waals surface area (Å²) in [6.07, 6.45) is 1.11. The molecule has 0 amide bonds. The Bertz CT molecular complexity index is 284. The molecule has 2 nitrogen and oxygen atoms in total. The van der Waals surface area contributed by atoms with Crippen molar-refractivity contribution in [2.75, 3.05) is 13.6 Å². The normalized spacial score (nSPS) is 14.3. The highest BCUT2D eigenvalue weighted by Crippen LogP contribution is 2.27. The Kier molecular flexibility index (Phi) is 7.89. The largest absolute Gasteiger partial charge is 0.301 e. The van der Waals surface area contributed by atoms with Crippen molar-refractivity contribution >= 4 is 27.3 Å². The molecule has 0 aromatic carbocycles. The molecular formula is C7H9BrF4N2S. The topological polar surface area (TPSA) is 16.1 Å². The summed E-state index contributed by atoms with van der Waals surface area (Å²) in [5.74, 6) is 0. The summed E-state index contributed by atoms with van der Waals surface area (Å²) in [7, 11) is 2.15. The molecule has 1 aliphatic heterocycles. The summed E-state index contributed by atoms with van der Waals surface area (Å²) in [5.41, 5.74) is 1.29. The highest BCUT2D eigenvalue weighted by molar-refractivity contribution is 9.11. The minimum atomic E-state index is 1.03. The fraction of sp³-hybridized carbons (Fsp3) is 0.571. The van der Waals surface area contributed by atoms with Crippen LogP contribution in [0.1, 0.15) is 10.6 Å². The molecule has 0 radical (unpaired) electrons. The van der Waals surface area contributed by atoms with E-state index >= 15 is 0 Å². The van der Waals surface area contributed by atoms with Crippen LogP contribution in [0.2, 0.25) is 0 Å². The number of thiazole rings is 1. The number of hydrogen-bond donors (Lipinski definition) is 0. The molecule has 1 aromatic rings. The average Bonchev–Trinajstić information content (AvgIpc) is 2.63. The molecule has 0 aliphatic carbocycles. The van der Waals surface area contributed by atoms with Crippen LogP contribution in [-0.2, 0) is 13.0 Å². The number of likely N-dealkylation sites (N-methyl/N-ethyl adjacent to an activating group) is 1. The molecule has 0 atom stereocenters. The lowest BCUT2D eigenvalue weighted by Crippen LogP contribution is -2.25. The summed E-state index contributed by atoms with van der Waals surface area (Å²) in [6.45, 7) is 2.21. The number of fused-ring (bicyclic) bond motifs is 1. The first-order valence-corrected chi connectivity index (χ1v) is 5.48. The van der Waals surface area contributed by atoms with Crippen molar-refractivity contribution in [3.8, 4) is 0 Å². The number of rotatable bonds is 0. The quantitative estimate of drug-likeness (QED) is 0.681. The zero-order chi connectivity index (χ0) is 11.8. The van der Waals surface area contributed by atoms with E-state index in [-0.39, 0.29) is 0 Å². The maximum Gasteiger partial charge on any atom is 0.159 e. The molecule has 0 N–H and O–H groups in total. The van der Waals surface area contributed by atoms with Crippen molar-refractivity contribution in [3.63, 3.8) is 0 Å². The molecule has 8 heteroatoms. The number of hydrogen-bond acceptors (Lipinski definition) is 3. The third-order valence-electron chi connectivity index (χ3n) is 1.90. The van der Waals surface area contributed by atoms with Crippen molar-refractivity contribution in [2.24, 2.45) is 0 Å². The van der Waals surface area contributed by atoms with Crippen LogP contribution in [-0.4, -0.2) is 23.5 Å². The van der Waals surface area contributed by atoms with Gasteiger partial charge >= 0.3 is 0 Å². The lowest BCUT2D eigenvalue weighted by molar-refractivity contribution is 0.108. The first-order valence-electron chi connectivity index (χ1n) is 3.87. The molecule has 88 valence electrons. The smallest absolute Gasteiger partial charge is 0.159 e. The van der Waals surface area contributed by atoms with Gasteiger partial charge in [-0.05, 0) is 23.0 Å². The lowest BCUT2D eigenvalue weighted by atomic mass is 10.2. The number of nitrogens with zero attached hydrogens (tertiary/aromatic N) is 2. The molecule has 0 fully saturated rings. The van der Waals surface area contributed by atoms with Crippen LogP contribution in [0, 0.1) is 0 Å². The van der Waals surface area contributed by atoms with Crippen LogP contribution in [0.15, 0.2) is 3.92 Å². The summed E-state index contributed by atoms with van der Waals surface area (Å²) in [5, 5.41) is 0. The van der Waals surface area contributed by atoms with Crippen molar-refractivity contribution in [3.05, 3.63) is 14.5 Å². The number of halogens is 5. The summed E-state index contributed by atoms with van der Waals surface area (Å²) >= 11 is 5.16. The summed E-state index contributed by atoms with van der Waals surface area (Å²) in [6, 6.07) is 0. The summed E-state index contributed by atoms with van der Waals surface area (Å²) < 4.78 is 33.0. The first-order chi connectivity index (χ1) is 7.25. The van der Waals surface area contributed by atoms with E-state index in [2.05, 4.69) is 32.9 Å². The Hall–Kier alpha value is -0.210. The molecule has 2 rings (SSSR count). The second-order valence-corrected chi connectivity index (χ2v) is 5.18. The van der Waals surface area contributed by atoms with E-state index in [4.69, 9.17) is 18.3 Å². The molecule has 1 aliphatic rings. The Morgan fingerprint density at radius 1 is 1.33 bits per heavy atom. The molecule has 0 spiro atoms. The van der Waals surface area contributed by atoms with Gasteiger partial charge in [-0.15, -0.1) is 11.3 Å². The zero-order valence-electron chi connectivity index (χ0n) is 7.81. The van der Waals surface area contributed by atoms with E-state index < -0.39 is 0 Å². The Morgan fingerprint density at radius 3 is 2.53 bits per heavy atom. The van der Waals surface area contributed by atoms with Gasteiger partial charge in [0.25, 0.3) is 0 Å². The van der Waals surface area contributed by atoms with Crippen LogP contribution in [0.25, 0.3) is 0 Å². The highest BCUT2D eigenvalue weighted by Gasteiger charge is 2.16. The van der Waals surface area contributed by atoms with Crippen LogP contribution in [0.5, 0.6) is 0 Å². The van der Waals surface area contributed by atoms with Gasteiger partial charge in [0, 0.05) is 42.7 Å². The van der Waals surface area contributed by atoms with Crippen molar-refractivity contribution in [1.29, 1.82) is 0 Å². The molecule has 0 saturated heterocycles.